The minimum Gasteiger partial charge on any atom is -0.353 e. The molecule has 2 heterocycles. The molecule has 1 unspecified atom stereocenters. The second kappa shape index (κ2) is 11.4. The maximum atomic E-state index is 13.3. The van der Waals surface area contributed by atoms with Gasteiger partial charge in [-0.25, -0.2) is 0 Å². The number of nitrogens with zero attached hydrogens (tertiary/aromatic N) is 1. The van der Waals surface area contributed by atoms with Gasteiger partial charge in [-0.2, -0.15) is 0 Å². The fraction of sp³-hybridized carbons (Fsp3) is 0.704. The Balaban J connectivity index is 1.67. The van der Waals surface area contributed by atoms with Crippen molar-refractivity contribution in [3.8, 4) is 0 Å². The Bertz CT molecular complexity index is 847. The van der Waals surface area contributed by atoms with Gasteiger partial charge in [0.05, 0.1) is 29.7 Å². The smallest absolute Gasteiger partial charge is 0.282 e. The van der Waals surface area contributed by atoms with Crippen LogP contribution in [0.25, 0.3) is 0 Å². The van der Waals surface area contributed by atoms with E-state index >= 15 is 0 Å². The number of para-hydroxylation sites is 1. The lowest BCUT2D eigenvalue weighted by Crippen LogP contribution is -3.28. The molecular weight excluding hydrogens is 448 g/mol. The van der Waals surface area contributed by atoms with Crippen molar-refractivity contribution < 1.29 is 19.8 Å². The zero-order valence-corrected chi connectivity index (χ0v) is 22.6. The van der Waals surface area contributed by atoms with Gasteiger partial charge in [0.2, 0.25) is 5.91 Å². The number of piperidine rings is 1. The SMILES string of the molecule is CC(C)CC(CC(C)C)NC(=O)[C@@H]1C[NH2+]C[C@H]([NH+]2CC(=O)N(c3ccccc3Cl)CC2(C)C)C1. The van der Waals surface area contributed by atoms with E-state index in [4.69, 9.17) is 11.6 Å². The Labute approximate surface area is 210 Å². The molecule has 0 aromatic heterocycles. The monoisotopic (exact) mass is 492 g/mol. The molecule has 1 aromatic carbocycles. The number of piperazine rings is 1. The van der Waals surface area contributed by atoms with Gasteiger partial charge >= 0.3 is 0 Å². The summed E-state index contributed by atoms with van der Waals surface area (Å²) >= 11 is 6.41. The van der Waals surface area contributed by atoms with Gasteiger partial charge in [-0.15, -0.1) is 0 Å². The molecule has 0 aliphatic carbocycles. The van der Waals surface area contributed by atoms with Crippen molar-refractivity contribution in [2.45, 2.75) is 78.4 Å². The standard InChI is InChI=1S/C27H43ClN4O2/c1-18(2)11-21(12-19(3)4)30-26(34)20-13-22(15-29-14-20)32-16-25(33)31(17-27(32,5)6)24-10-8-7-9-23(24)28/h7-10,18-22,29H,11-17H2,1-6H3,(H,30,34)/p+2/t20-,22+/m0/s1. The molecule has 34 heavy (non-hydrogen) atoms. The number of hydrogen-bond acceptors (Lipinski definition) is 2. The number of carbonyl (C=O) groups is 2. The van der Waals surface area contributed by atoms with Crippen LogP contribution in [0.4, 0.5) is 5.69 Å². The van der Waals surface area contributed by atoms with Crippen LogP contribution in [-0.2, 0) is 9.59 Å². The zero-order chi connectivity index (χ0) is 25.0. The quantitative estimate of drug-likeness (QED) is 0.518. The van der Waals surface area contributed by atoms with Crippen molar-refractivity contribution in [3.05, 3.63) is 29.3 Å². The Hall–Kier alpha value is -1.63. The summed E-state index contributed by atoms with van der Waals surface area (Å²) in [7, 11) is 0. The summed E-state index contributed by atoms with van der Waals surface area (Å²) in [5, 5.41) is 6.26. The lowest BCUT2D eigenvalue weighted by Gasteiger charge is -2.47. The summed E-state index contributed by atoms with van der Waals surface area (Å²) in [5.74, 6) is 1.38. The molecule has 3 rings (SSSR count). The molecule has 2 aliphatic rings. The van der Waals surface area contributed by atoms with Crippen LogP contribution in [0.3, 0.4) is 0 Å². The average Bonchev–Trinajstić information content (AvgIpc) is 2.74. The van der Waals surface area contributed by atoms with E-state index in [1.54, 1.807) is 0 Å². The summed E-state index contributed by atoms with van der Waals surface area (Å²) in [6, 6.07) is 8.07. The number of amides is 2. The Morgan fingerprint density at radius 1 is 1.18 bits per heavy atom. The van der Waals surface area contributed by atoms with Crippen LogP contribution < -0.4 is 20.4 Å². The van der Waals surface area contributed by atoms with E-state index in [0.717, 1.165) is 38.0 Å². The number of quaternary nitrogens is 2. The van der Waals surface area contributed by atoms with Crippen LogP contribution in [0.1, 0.15) is 60.8 Å². The van der Waals surface area contributed by atoms with E-state index < -0.39 is 0 Å². The first-order valence-corrected chi connectivity index (χ1v) is 13.4. The summed E-state index contributed by atoms with van der Waals surface area (Å²) in [6.45, 7) is 16.1. The second-order valence-electron chi connectivity index (χ2n) is 11.9. The number of rotatable bonds is 8. The molecule has 2 saturated heterocycles. The molecule has 190 valence electrons. The average molecular weight is 493 g/mol. The van der Waals surface area contributed by atoms with Gasteiger partial charge in [-0.3, -0.25) is 14.5 Å². The van der Waals surface area contributed by atoms with Crippen molar-refractivity contribution in [2.24, 2.45) is 17.8 Å². The lowest BCUT2D eigenvalue weighted by molar-refractivity contribution is -0.979. The fourth-order valence-corrected chi connectivity index (χ4v) is 6.11. The highest BCUT2D eigenvalue weighted by molar-refractivity contribution is 6.33. The summed E-state index contributed by atoms with van der Waals surface area (Å²) < 4.78 is 0. The number of anilines is 1. The first kappa shape index (κ1) is 27.0. The molecule has 2 amide bonds. The van der Waals surface area contributed by atoms with Crippen LogP contribution in [0.5, 0.6) is 0 Å². The summed E-state index contributed by atoms with van der Waals surface area (Å²) in [4.78, 5) is 29.6. The van der Waals surface area contributed by atoms with E-state index in [1.165, 1.54) is 4.90 Å². The third kappa shape index (κ3) is 6.73. The number of carbonyl (C=O) groups excluding carboxylic acids is 2. The van der Waals surface area contributed by atoms with Crippen LogP contribution >= 0.6 is 11.6 Å². The maximum absolute atomic E-state index is 13.3. The van der Waals surface area contributed by atoms with Gasteiger partial charge in [-0.1, -0.05) is 51.4 Å². The zero-order valence-electron chi connectivity index (χ0n) is 21.9. The Morgan fingerprint density at radius 3 is 2.44 bits per heavy atom. The van der Waals surface area contributed by atoms with Crippen LogP contribution in [-0.4, -0.2) is 55.6 Å². The highest BCUT2D eigenvalue weighted by Crippen LogP contribution is 2.27. The second-order valence-corrected chi connectivity index (χ2v) is 12.3. The third-order valence-electron chi connectivity index (χ3n) is 7.40. The Morgan fingerprint density at radius 2 is 1.82 bits per heavy atom. The van der Waals surface area contributed by atoms with Crippen LogP contribution in [0.15, 0.2) is 24.3 Å². The predicted molar refractivity (Wildman–Crippen MR) is 138 cm³/mol. The normalized spacial score (nSPS) is 25.3. The molecular formula is C27H45ClN4O2+2. The largest absolute Gasteiger partial charge is 0.353 e. The number of nitrogens with one attached hydrogen (secondary N) is 2. The molecule has 0 saturated carbocycles. The fourth-order valence-electron chi connectivity index (χ4n) is 5.87. The number of hydrogen-bond donors (Lipinski definition) is 3. The molecule has 4 N–H and O–H groups in total. The van der Waals surface area contributed by atoms with Crippen LogP contribution in [0.2, 0.25) is 5.02 Å². The van der Waals surface area contributed by atoms with Gasteiger partial charge in [-0.05, 0) is 50.7 Å². The van der Waals surface area contributed by atoms with Crippen molar-refractivity contribution >= 4 is 29.1 Å². The minimum absolute atomic E-state index is 0.0134. The van der Waals surface area contributed by atoms with Gasteiger partial charge in [0, 0.05) is 12.5 Å². The van der Waals surface area contributed by atoms with Gasteiger partial charge in [0.15, 0.2) is 6.54 Å². The van der Waals surface area contributed by atoms with Gasteiger partial charge in [0.25, 0.3) is 5.91 Å². The Kier molecular flexibility index (Phi) is 9.04. The lowest BCUT2D eigenvalue weighted by atomic mass is 9.88. The molecule has 0 bridgehead atoms. The number of nitrogens with two attached hydrogens (primary N) is 1. The van der Waals surface area contributed by atoms with E-state index in [-0.39, 0.29) is 35.4 Å². The van der Waals surface area contributed by atoms with Gasteiger partial charge in [0.1, 0.15) is 18.1 Å². The topological polar surface area (TPSA) is 70.5 Å². The van der Waals surface area contributed by atoms with Crippen LogP contribution in [0, 0.1) is 17.8 Å². The molecule has 3 atom stereocenters. The maximum Gasteiger partial charge on any atom is 0.282 e. The van der Waals surface area contributed by atoms with Crippen molar-refractivity contribution in [2.75, 3.05) is 31.1 Å². The summed E-state index contributed by atoms with van der Waals surface area (Å²) in [5.41, 5.74) is 0.650. The van der Waals surface area contributed by atoms with E-state index in [0.29, 0.717) is 29.9 Å². The molecule has 0 radical (unpaired) electrons. The van der Waals surface area contributed by atoms with Gasteiger partial charge < -0.3 is 15.5 Å². The first-order valence-electron chi connectivity index (χ1n) is 13.0. The van der Waals surface area contributed by atoms with Crippen molar-refractivity contribution in [1.29, 1.82) is 0 Å². The highest BCUT2D eigenvalue weighted by Gasteiger charge is 2.48. The number of benzene rings is 1. The van der Waals surface area contributed by atoms with E-state index in [9.17, 15) is 9.59 Å². The van der Waals surface area contributed by atoms with Crippen molar-refractivity contribution in [3.63, 3.8) is 0 Å². The van der Waals surface area contributed by atoms with Crippen molar-refractivity contribution in [1.82, 2.24) is 5.32 Å². The third-order valence-corrected chi connectivity index (χ3v) is 7.72. The highest BCUT2D eigenvalue weighted by atomic mass is 35.5. The summed E-state index contributed by atoms with van der Waals surface area (Å²) in [6.07, 6.45) is 2.86. The molecule has 2 fully saturated rings. The first-order chi connectivity index (χ1) is 16.0. The molecule has 0 spiro atoms. The molecule has 6 nitrogen and oxygen atoms in total. The molecule has 2 aliphatic heterocycles. The van der Waals surface area contributed by atoms with E-state index in [1.807, 2.05) is 29.2 Å². The predicted octanol–water partition coefficient (Wildman–Crippen LogP) is 1.88. The number of halogens is 1. The molecule has 7 heteroatoms. The minimum atomic E-state index is -0.137. The molecule has 1 aromatic rings. The van der Waals surface area contributed by atoms with E-state index in [2.05, 4.69) is 52.2 Å².